The molecule has 0 amide bonds. The van der Waals surface area contributed by atoms with Crippen LogP contribution in [-0.4, -0.2) is 54.9 Å². The van der Waals surface area contributed by atoms with Crippen molar-refractivity contribution in [2.75, 3.05) is 7.11 Å². The molecule has 1 aliphatic heterocycles. The number of allylic oxidation sites excluding steroid dienone is 1. The molecule has 170 valence electrons. The van der Waals surface area contributed by atoms with Gasteiger partial charge in [-0.3, -0.25) is 9.59 Å². The van der Waals surface area contributed by atoms with E-state index in [0.29, 0.717) is 37.5 Å². The molecule has 0 spiro atoms. The summed E-state index contributed by atoms with van der Waals surface area (Å²) in [6, 6.07) is 0. The Morgan fingerprint density at radius 2 is 1.87 bits per heavy atom. The van der Waals surface area contributed by atoms with Gasteiger partial charge in [0.2, 0.25) is 0 Å². The van der Waals surface area contributed by atoms with E-state index >= 15 is 0 Å². The van der Waals surface area contributed by atoms with E-state index in [1.165, 1.54) is 19.4 Å². The van der Waals surface area contributed by atoms with Gasteiger partial charge in [0.1, 0.15) is 12.2 Å². The van der Waals surface area contributed by atoms with Crippen LogP contribution in [0.3, 0.4) is 0 Å². The van der Waals surface area contributed by atoms with E-state index in [1.54, 1.807) is 7.11 Å². The molecule has 3 rings (SSSR count). The summed E-state index contributed by atoms with van der Waals surface area (Å²) in [5, 5.41) is 10.1. The normalized spacial score (nSPS) is 38.9. The maximum absolute atomic E-state index is 11.8. The van der Waals surface area contributed by atoms with Gasteiger partial charge in [0.15, 0.2) is 6.29 Å². The van der Waals surface area contributed by atoms with Gasteiger partial charge in [0.25, 0.3) is 0 Å². The van der Waals surface area contributed by atoms with Gasteiger partial charge in [0.05, 0.1) is 12.2 Å². The number of fused-ring (bicyclic) bond motifs is 1. The minimum absolute atomic E-state index is 0.0372. The van der Waals surface area contributed by atoms with Crippen LogP contribution in [0.5, 0.6) is 0 Å². The molecule has 7 heteroatoms. The highest BCUT2D eigenvalue weighted by Crippen LogP contribution is 2.47. The summed E-state index contributed by atoms with van der Waals surface area (Å²) >= 11 is 0. The van der Waals surface area contributed by atoms with Gasteiger partial charge in [-0.1, -0.05) is 18.6 Å². The summed E-state index contributed by atoms with van der Waals surface area (Å²) in [4.78, 5) is 23.3. The third kappa shape index (κ3) is 5.83. The van der Waals surface area contributed by atoms with Crippen molar-refractivity contribution >= 4 is 11.9 Å². The number of carbonyl (C=O) groups is 2. The molecular weight excluding hydrogens is 388 g/mol. The fourth-order valence-electron chi connectivity index (χ4n) is 5.55. The molecule has 1 N–H and O–H groups in total. The van der Waals surface area contributed by atoms with Crippen molar-refractivity contribution in [2.45, 2.75) is 96.4 Å². The Morgan fingerprint density at radius 3 is 2.53 bits per heavy atom. The highest BCUT2D eigenvalue weighted by atomic mass is 16.7. The fraction of sp³-hybridized carbons (Fsp3) is 0.826. The molecule has 30 heavy (non-hydrogen) atoms. The number of aliphatic hydroxyl groups is 1. The van der Waals surface area contributed by atoms with Gasteiger partial charge in [-0.2, -0.15) is 0 Å². The zero-order valence-corrected chi connectivity index (χ0v) is 18.5. The summed E-state index contributed by atoms with van der Waals surface area (Å²) in [5.74, 6) is 0.324. The first kappa shape index (κ1) is 23.2. The average molecular weight is 425 g/mol. The van der Waals surface area contributed by atoms with Crippen LogP contribution in [0.1, 0.15) is 65.7 Å². The second-order valence-electron chi connectivity index (χ2n) is 9.13. The van der Waals surface area contributed by atoms with E-state index in [-0.39, 0.29) is 42.5 Å². The fourth-order valence-corrected chi connectivity index (χ4v) is 5.55. The molecule has 0 radical (unpaired) electrons. The summed E-state index contributed by atoms with van der Waals surface area (Å²) in [5.41, 5.74) is 1.24. The summed E-state index contributed by atoms with van der Waals surface area (Å²) in [6.07, 6.45) is 6.01. The van der Waals surface area contributed by atoms with E-state index in [0.717, 1.165) is 19.3 Å². The average Bonchev–Trinajstić information content (AvgIpc) is 2.66. The molecule has 0 bridgehead atoms. The molecule has 1 saturated heterocycles. The topological polar surface area (TPSA) is 91.3 Å². The van der Waals surface area contributed by atoms with Crippen molar-refractivity contribution in [3.8, 4) is 0 Å². The van der Waals surface area contributed by atoms with Gasteiger partial charge < -0.3 is 24.1 Å². The van der Waals surface area contributed by atoms with Crippen LogP contribution < -0.4 is 0 Å². The summed E-state index contributed by atoms with van der Waals surface area (Å²) < 4.78 is 22.5. The zero-order valence-electron chi connectivity index (χ0n) is 18.5. The lowest BCUT2D eigenvalue weighted by atomic mass is 9.63. The lowest BCUT2D eigenvalue weighted by Gasteiger charge is -2.46. The van der Waals surface area contributed by atoms with E-state index < -0.39 is 6.10 Å². The number of esters is 2. The van der Waals surface area contributed by atoms with Crippen molar-refractivity contribution in [3.05, 3.63) is 11.6 Å². The highest BCUT2D eigenvalue weighted by molar-refractivity contribution is 5.67. The minimum atomic E-state index is -0.402. The highest BCUT2D eigenvalue weighted by Gasteiger charge is 2.45. The SMILES string of the molecule is CO[C@@H]1C[C@H](O)C[C@@H](CC[C@@H]2[C@@H]3C(=CC[C@@H]2C)C[C@@H](OC(C)=O)C[C@@H]3OC(C)=O)O1. The molecule has 1 saturated carbocycles. The van der Waals surface area contributed by atoms with Gasteiger partial charge in [0, 0.05) is 46.1 Å². The molecule has 0 aromatic rings. The predicted octanol–water partition coefficient (Wildman–Crippen LogP) is 3.13. The van der Waals surface area contributed by atoms with Crippen LogP contribution in [0.25, 0.3) is 0 Å². The van der Waals surface area contributed by atoms with Crippen molar-refractivity contribution < 1.29 is 33.6 Å². The number of ether oxygens (including phenoxy) is 4. The smallest absolute Gasteiger partial charge is 0.302 e. The Labute approximate surface area is 179 Å². The van der Waals surface area contributed by atoms with Crippen LogP contribution >= 0.6 is 0 Å². The molecule has 1 heterocycles. The third-order valence-electron chi connectivity index (χ3n) is 6.81. The molecule has 3 aliphatic rings. The van der Waals surface area contributed by atoms with E-state index in [1.807, 2.05) is 0 Å². The quantitative estimate of drug-likeness (QED) is 0.517. The minimum Gasteiger partial charge on any atom is -0.462 e. The maximum Gasteiger partial charge on any atom is 0.302 e. The first-order valence-corrected chi connectivity index (χ1v) is 11.2. The van der Waals surface area contributed by atoms with Crippen LogP contribution in [-0.2, 0) is 28.5 Å². The van der Waals surface area contributed by atoms with Gasteiger partial charge in [-0.05, 0) is 37.5 Å². The zero-order chi connectivity index (χ0) is 21.8. The molecule has 0 aromatic carbocycles. The van der Waals surface area contributed by atoms with E-state index in [4.69, 9.17) is 18.9 Å². The largest absolute Gasteiger partial charge is 0.462 e. The Morgan fingerprint density at radius 1 is 1.13 bits per heavy atom. The molecule has 0 unspecified atom stereocenters. The lowest BCUT2D eigenvalue weighted by molar-refractivity contribution is -0.206. The number of aliphatic hydroxyl groups excluding tert-OH is 1. The number of carbonyl (C=O) groups excluding carboxylic acids is 2. The Bertz CT molecular complexity index is 645. The second-order valence-corrected chi connectivity index (χ2v) is 9.13. The molecular formula is C23H36O7. The summed E-state index contributed by atoms with van der Waals surface area (Å²) in [7, 11) is 1.60. The van der Waals surface area contributed by atoms with Gasteiger partial charge in [-0.25, -0.2) is 0 Å². The second kappa shape index (κ2) is 10.2. The first-order chi connectivity index (χ1) is 14.3. The van der Waals surface area contributed by atoms with E-state index in [2.05, 4.69) is 13.0 Å². The van der Waals surface area contributed by atoms with Crippen LogP contribution in [0.15, 0.2) is 11.6 Å². The number of methoxy groups -OCH3 is 1. The van der Waals surface area contributed by atoms with Crippen molar-refractivity contribution in [1.29, 1.82) is 0 Å². The molecule has 2 fully saturated rings. The first-order valence-electron chi connectivity index (χ1n) is 11.2. The molecule has 0 aromatic heterocycles. The standard InChI is InChI=1S/C23H36O7/c1-13-5-6-16-9-19(28-14(2)24)12-21(29-15(3)25)23(16)20(13)8-7-18-10-17(26)11-22(27-4)30-18/h6,13,17-23,26H,5,7-12H2,1-4H3/t13-,17+,18+,19+,20-,21-,22-,23-/m0/s1. The Hall–Kier alpha value is -1.44. The van der Waals surface area contributed by atoms with Crippen molar-refractivity contribution in [3.63, 3.8) is 0 Å². The molecule has 2 aliphatic carbocycles. The monoisotopic (exact) mass is 424 g/mol. The van der Waals surface area contributed by atoms with Gasteiger partial charge >= 0.3 is 11.9 Å². The molecule has 7 nitrogen and oxygen atoms in total. The van der Waals surface area contributed by atoms with Crippen molar-refractivity contribution in [2.24, 2.45) is 17.8 Å². The van der Waals surface area contributed by atoms with Crippen LogP contribution in [0.2, 0.25) is 0 Å². The number of hydrogen-bond acceptors (Lipinski definition) is 7. The Balaban J connectivity index is 1.71. The van der Waals surface area contributed by atoms with Crippen LogP contribution in [0, 0.1) is 17.8 Å². The predicted molar refractivity (Wildman–Crippen MR) is 109 cm³/mol. The third-order valence-corrected chi connectivity index (χ3v) is 6.81. The summed E-state index contributed by atoms with van der Waals surface area (Å²) in [6.45, 7) is 5.09. The molecule has 8 atom stereocenters. The maximum atomic E-state index is 11.8. The number of hydrogen-bond donors (Lipinski definition) is 1. The van der Waals surface area contributed by atoms with Gasteiger partial charge in [-0.15, -0.1) is 0 Å². The van der Waals surface area contributed by atoms with E-state index in [9.17, 15) is 14.7 Å². The Kier molecular flexibility index (Phi) is 7.93. The lowest BCUT2D eigenvalue weighted by Crippen LogP contribution is -2.45. The van der Waals surface area contributed by atoms with Crippen LogP contribution in [0.4, 0.5) is 0 Å². The number of rotatable bonds is 6. The van der Waals surface area contributed by atoms with Crippen molar-refractivity contribution in [1.82, 2.24) is 0 Å².